The summed E-state index contributed by atoms with van der Waals surface area (Å²) in [5, 5.41) is 0. The molecule has 0 radical (unpaired) electrons. The molecule has 1 rings (SSSR count). The van der Waals surface area contributed by atoms with Crippen molar-refractivity contribution in [2.75, 3.05) is 18.3 Å². The van der Waals surface area contributed by atoms with Crippen LogP contribution in [0.1, 0.15) is 0 Å². The van der Waals surface area contributed by atoms with E-state index in [-0.39, 0.29) is 0 Å². The van der Waals surface area contributed by atoms with Crippen molar-refractivity contribution in [2.45, 2.75) is 4.90 Å². The van der Waals surface area contributed by atoms with Crippen molar-refractivity contribution >= 4 is 26.0 Å². The Bertz CT molecular complexity index is 287. The molecule has 0 heterocycles. The smallest absolute Gasteiger partial charge is 0.0176 e. The first kappa shape index (κ1) is 10.9. The lowest BCUT2D eigenvalue weighted by Crippen LogP contribution is -1.99. The van der Waals surface area contributed by atoms with Crippen LogP contribution in [-0.2, 0) is 0 Å². The van der Waals surface area contributed by atoms with E-state index in [1.807, 2.05) is 6.08 Å². The third-order valence-electron chi connectivity index (χ3n) is 1.99. The zero-order valence-corrected chi connectivity index (χ0v) is 10.5. The Kier molecular flexibility index (Phi) is 3.63. The molecular weight excluding hydrogens is 244 g/mol. The van der Waals surface area contributed by atoms with Gasteiger partial charge < -0.3 is 0 Å². The zero-order valence-electron chi connectivity index (χ0n) is 8.09. The molecular formula is C11H15BrS. The van der Waals surface area contributed by atoms with Gasteiger partial charge in [-0.25, -0.2) is 10.0 Å². The molecule has 0 fully saturated rings. The van der Waals surface area contributed by atoms with Crippen LogP contribution in [0.5, 0.6) is 0 Å². The van der Waals surface area contributed by atoms with Crippen LogP contribution < -0.4 is 0 Å². The van der Waals surface area contributed by atoms with Gasteiger partial charge in [-0.3, -0.25) is 0 Å². The summed E-state index contributed by atoms with van der Waals surface area (Å²) >= 11 is 3.44. The van der Waals surface area contributed by atoms with Crippen LogP contribution >= 0.6 is 26.0 Å². The highest BCUT2D eigenvalue weighted by Gasteiger charge is 2.11. The second-order valence-electron chi connectivity index (χ2n) is 3.45. The van der Waals surface area contributed by atoms with E-state index < -0.39 is 10.0 Å². The molecule has 0 amide bonds. The van der Waals surface area contributed by atoms with E-state index in [4.69, 9.17) is 0 Å². The average molecular weight is 259 g/mol. The lowest BCUT2D eigenvalue weighted by molar-refractivity contribution is 1.41. The fourth-order valence-electron chi connectivity index (χ4n) is 1.19. The molecule has 0 saturated carbocycles. The van der Waals surface area contributed by atoms with Gasteiger partial charge in [0.2, 0.25) is 0 Å². The van der Waals surface area contributed by atoms with Gasteiger partial charge in [0.05, 0.1) is 0 Å². The Balaban J connectivity index is 2.93. The van der Waals surface area contributed by atoms with Crippen molar-refractivity contribution in [1.82, 2.24) is 0 Å². The second-order valence-corrected chi connectivity index (χ2v) is 8.24. The summed E-state index contributed by atoms with van der Waals surface area (Å²) in [7, 11) is -0.666. The van der Waals surface area contributed by atoms with Gasteiger partial charge in [0.1, 0.15) is 0 Å². The first-order chi connectivity index (χ1) is 6.06. The van der Waals surface area contributed by atoms with Gasteiger partial charge in [0.15, 0.2) is 0 Å². The summed E-state index contributed by atoms with van der Waals surface area (Å²) in [6, 6.07) is 8.60. The fourth-order valence-corrected chi connectivity index (χ4v) is 3.11. The standard InChI is InChI=1S/C11H15BrS/c1-4-9-13(2,3)11-7-5-10(12)6-8-11/h4-8H,1,9H2,2-3H3. The first-order valence-corrected chi connectivity index (χ1v) is 7.55. The number of hydrogen-bond donors (Lipinski definition) is 0. The number of halogens is 1. The third-order valence-corrected chi connectivity index (χ3v) is 5.13. The quantitative estimate of drug-likeness (QED) is 0.718. The van der Waals surface area contributed by atoms with Crippen molar-refractivity contribution in [3.05, 3.63) is 41.4 Å². The highest BCUT2D eigenvalue weighted by atomic mass is 79.9. The van der Waals surface area contributed by atoms with E-state index >= 15 is 0 Å². The van der Waals surface area contributed by atoms with E-state index in [2.05, 4.69) is 59.3 Å². The van der Waals surface area contributed by atoms with Gasteiger partial charge in [-0.15, -0.1) is 6.58 Å². The van der Waals surface area contributed by atoms with Crippen LogP contribution in [0.15, 0.2) is 46.3 Å². The van der Waals surface area contributed by atoms with Crippen LogP contribution in [0, 0.1) is 0 Å². The summed E-state index contributed by atoms with van der Waals surface area (Å²) < 4.78 is 1.14. The zero-order chi connectivity index (χ0) is 9.90. The highest BCUT2D eigenvalue weighted by molar-refractivity contribution is 9.10. The lowest BCUT2D eigenvalue weighted by atomic mass is 10.4. The van der Waals surface area contributed by atoms with Gasteiger partial charge in [-0.1, -0.05) is 22.0 Å². The van der Waals surface area contributed by atoms with Crippen LogP contribution in [0.2, 0.25) is 0 Å². The average Bonchev–Trinajstić information content (AvgIpc) is 2.05. The monoisotopic (exact) mass is 258 g/mol. The molecule has 0 N–H and O–H groups in total. The Morgan fingerprint density at radius 3 is 2.31 bits per heavy atom. The molecule has 0 aliphatic rings. The Morgan fingerprint density at radius 1 is 1.31 bits per heavy atom. The van der Waals surface area contributed by atoms with Crippen molar-refractivity contribution < 1.29 is 0 Å². The molecule has 0 aliphatic carbocycles. The molecule has 0 nitrogen and oxygen atoms in total. The van der Waals surface area contributed by atoms with Crippen LogP contribution in [0.25, 0.3) is 0 Å². The summed E-state index contributed by atoms with van der Waals surface area (Å²) in [5.41, 5.74) is 0. The molecule has 72 valence electrons. The van der Waals surface area contributed by atoms with E-state index in [0.29, 0.717) is 0 Å². The predicted molar refractivity (Wildman–Crippen MR) is 66.9 cm³/mol. The summed E-state index contributed by atoms with van der Waals surface area (Å²) in [5.74, 6) is 1.09. The molecule has 0 bridgehead atoms. The SMILES string of the molecule is C=CCS(C)(C)c1ccc(Br)cc1. The number of benzene rings is 1. The third kappa shape index (κ3) is 2.89. The maximum Gasteiger partial charge on any atom is 0.0176 e. The van der Waals surface area contributed by atoms with Gasteiger partial charge in [0, 0.05) is 4.47 Å². The van der Waals surface area contributed by atoms with E-state index in [1.54, 1.807) is 0 Å². The minimum Gasteiger partial charge on any atom is -0.217 e. The van der Waals surface area contributed by atoms with E-state index in [9.17, 15) is 0 Å². The van der Waals surface area contributed by atoms with Crippen LogP contribution in [0.3, 0.4) is 0 Å². The Hall–Kier alpha value is -0.210. The summed E-state index contributed by atoms with van der Waals surface area (Å²) in [4.78, 5) is 1.44. The molecule has 0 atom stereocenters. The topological polar surface area (TPSA) is 0 Å². The number of rotatable bonds is 3. The van der Waals surface area contributed by atoms with Gasteiger partial charge in [0.25, 0.3) is 0 Å². The Labute approximate surface area is 90.5 Å². The molecule has 2 heteroatoms. The van der Waals surface area contributed by atoms with Crippen molar-refractivity contribution in [2.24, 2.45) is 0 Å². The van der Waals surface area contributed by atoms with Crippen molar-refractivity contribution in [3.63, 3.8) is 0 Å². The maximum atomic E-state index is 3.80. The van der Waals surface area contributed by atoms with Crippen molar-refractivity contribution in [3.8, 4) is 0 Å². The summed E-state index contributed by atoms with van der Waals surface area (Å²) in [6.45, 7) is 3.80. The molecule has 0 spiro atoms. The van der Waals surface area contributed by atoms with Gasteiger partial charge in [-0.05, 0) is 47.4 Å². The predicted octanol–water partition coefficient (Wildman–Crippen LogP) is 4.06. The van der Waals surface area contributed by atoms with E-state index in [1.165, 1.54) is 4.90 Å². The minimum atomic E-state index is -0.666. The molecule has 0 aliphatic heterocycles. The molecule has 1 aromatic carbocycles. The normalized spacial score (nSPS) is 12.5. The largest absolute Gasteiger partial charge is 0.217 e. The van der Waals surface area contributed by atoms with Crippen LogP contribution in [0.4, 0.5) is 0 Å². The fraction of sp³-hybridized carbons (Fsp3) is 0.273. The highest BCUT2D eigenvalue weighted by Crippen LogP contribution is 2.48. The van der Waals surface area contributed by atoms with Crippen molar-refractivity contribution in [1.29, 1.82) is 0 Å². The first-order valence-electron chi connectivity index (χ1n) is 4.14. The number of hydrogen-bond acceptors (Lipinski definition) is 0. The molecule has 0 saturated heterocycles. The lowest BCUT2D eigenvalue weighted by Gasteiger charge is -2.30. The molecule has 1 aromatic rings. The second kappa shape index (κ2) is 4.34. The molecule has 13 heavy (non-hydrogen) atoms. The molecule has 0 aromatic heterocycles. The summed E-state index contributed by atoms with van der Waals surface area (Å²) in [6.07, 6.45) is 6.65. The molecule has 0 unspecified atom stereocenters. The van der Waals surface area contributed by atoms with E-state index in [0.717, 1.165) is 10.2 Å². The maximum absolute atomic E-state index is 3.80. The van der Waals surface area contributed by atoms with Crippen LogP contribution in [-0.4, -0.2) is 18.3 Å². The van der Waals surface area contributed by atoms with Gasteiger partial charge in [-0.2, -0.15) is 0 Å². The van der Waals surface area contributed by atoms with Gasteiger partial charge >= 0.3 is 0 Å². The Morgan fingerprint density at radius 2 is 1.85 bits per heavy atom. The minimum absolute atomic E-state index is 0.666.